The zero-order valence-electron chi connectivity index (χ0n) is 12.7. The Morgan fingerprint density at radius 2 is 1.45 bits per heavy atom. The van der Waals surface area contributed by atoms with Crippen molar-refractivity contribution in [2.75, 3.05) is 0 Å². The van der Waals surface area contributed by atoms with Gasteiger partial charge < -0.3 is 11.1 Å². The number of nitrogens with one attached hydrogen (secondary N) is 1. The van der Waals surface area contributed by atoms with Crippen LogP contribution >= 0.6 is 0 Å². The third-order valence-corrected chi connectivity index (χ3v) is 3.51. The Balaban J connectivity index is 2.13. The second-order valence-corrected chi connectivity index (χ2v) is 5.54. The molecule has 114 valence electrons. The van der Waals surface area contributed by atoms with Crippen LogP contribution in [0.5, 0.6) is 0 Å². The van der Waals surface area contributed by atoms with Crippen LogP contribution in [0.25, 0.3) is 11.1 Å². The summed E-state index contributed by atoms with van der Waals surface area (Å²) in [5, 5.41) is 2.68. The summed E-state index contributed by atoms with van der Waals surface area (Å²) in [6.45, 7) is 3.68. The van der Waals surface area contributed by atoms with Crippen molar-refractivity contribution in [1.29, 1.82) is 0 Å². The van der Waals surface area contributed by atoms with E-state index in [1.165, 1.54) is 0 Å². The molecular weight excluding hydrogens is 276 g/mol. The van der Waals surface area contributed by atoms with Gasteiger partial charge in [0.05, 0.1) is 0 Å². The molecular formula is C18H20N2O2. The molecule has 4 heteroatoms. The Kier molecular flexibility index (Phi) is 4.94. The zero-order chi connectivity index (χ0) is 16.1. The van der Waals surface area contributed by atoms with Crippen LogP contribution in [0.1, 0.15) is 24.2 Å². The Morgan fingerprint density at radius 3 is 1.95 bits per heavy atom. The van der Waals surface area contributed by atoms with Gasteiger partial charge in [-0.1, -0.05) is 56.3 Å². The first kappa shape index (κ1) is 15.8. The summed E-state index contributed by atoms with van der Waals surface area (Å²) in [7, 11) is 0. The van der Waals surface area contributed by atoms with Gasteiger partial charge in [-0.15, -0.1) is 0 Å². The second kappa shape index (κ2) is 6.89. The van der Waals surface area contributed by atoms with E-state index in [-0.39, 0.29) is 11.8 Å². The maximum Gasteiger partial charge on any atom is 0.251 e. The number of amides is 2. The van der Waals surface area contributed by atoms with Gasteiger partial charge in [0, 0.05) is 5.56 Å². The quantitative estimate of drug-likeness (QED) is 0.890. The molecule has 0 aliphatic heterocycles. The van der Waals surface area contributed by atoms with Crippen molar-refractivity contribution in [2.24, 2.45) is 11.7 Å². The molecule has 1 atom stereocenters. The van der Waals surface area contributed by atoms with E-state index in [1.54, 1.807) is 12.1 Å². The van der Waals surface area contributed by atoms with Gasteiger partial charge in [0.15, 0.2) is 0 Å². The molecule has 4 nitrogen and oxygen atoms in total. The minimum atomic E-state index is -0.665. The molecule has 2 rings (SSSR count). The number of primary amides is 1. The summed E-state index contributed by atoms with van der Waals surface area (Å²) in [6.07, 6.45) is 0. The van der Waals surface area contributed by atoms with E-state index >= 15 is 0 Å². The normalized spacial score (nSPS) is 12.0. The Hall–Kier alpha value is -2.62. The molecule has 0 heterocycles. The minimum absolute atomic E-state index is 0.0509. The lowest BCUT2D eigenvalue weighted by Gasteiger charge is -2.19. The largest absolute Gasteiger partial charge is 0.368 e. The van der Waals surface area contributed by atoms with Crippen LogP contribution in [0.2, 0.25) is 0 Å². The van der Waals surface area contributed by atoms with Crippen LogP contribution in [0.4, 0.5) is 0 Å². The summed E-state index contributed by atoms with van der Waals surface area (Å²) in [5.41, 5.74) is 7.94. The molecule has 0 spiro atoms. The monoisotopic (exact) mass is 296 g/mol. The molecule has 0 aromatic heterocycles. The van der Waals surface area contributed by atoms with E-state index in [0.29, 0.717) is 5.56 Å². The average Bonchev–Trinajstić information content (AvgIpc) is 2.52. The van der Waals surface area contributed by atoms with E-state index in [2.05, 4.69) is 5.32 Å². The molecule has 22 heavy (non-hydrogen) atoms. The van der Waals surface area contributed by atoms with Crippen molar-refractivity contribution in [3.8, 4) is 11.1 Å². The van der Waals surface area contributed by atoms with Crippen molar-refractivity contribution in [1.82, 2.24) is 5.32 Å². The molecule has 2 amide bonds. The molecule has 0 aliphatic rings. The highest BCUT2D eigenvalue weighted by Gasteiger charge is 2.22. The van der Waals surface area contributed by atoms with Crippen molar-refractivity contribution in [2.45, 2.75) is 19.9 Å². The maximum absolute atomic E-state index is 12.2. The molecule has 0 saturated carbocycles. The molecule has 0 saturated heterocycles. The molecule has 1 unspecified atom stereocenters. The summed E-state index contributed by atoms with van der Waals surface area (Å²) >= 11 is 0. The van der Waals surface area contributed by atoms with Crippen molar-refractivity contribution in [3.63, 3.8) is 0 Å². The van der Waals surface area contributed by atoms with Gasteiger partial charge in [0.1, 0.15) is 6.04 Å². The first-order chi connectivity index (χ1) is 10.5. The maximum atomic E-state index is 12.2. The number of benzene rings is 2. The number of nitrogens with two attached hydrogens (primary N) is 1. The van der Waals surface area contributed by atoms with E-state index in [1.807, 2.05) is 56.3 Å². The second-order valence-electron chi connectivity index (χ2n) is 5.54. The highest BCUT2D eigenvalue weighted by molar-refractivity contribution is 5.97. The lowest BCUT2D eigenvalue weighted by atomic mass is 10.0. The predicted octanol–water partition coefficient (Wildman–Crippen LogP) is 2.59. The van der Waals surface area contributed by atoms with Crippen LogP contribution in [-0.4, -0.2) is 17.9 Å². The molecule has 2 aromatic carbocycles. The third kappa shape index (κ3) is 3.73. The van der Waals surface area contributed by atoms with Gasteiger partial charge in [-0.05, 0) is 29.2 Å². The Labute approximate surface area is 130 Å². The van der Waals surface area contributed by atoms with Gasteiger partial charge in [-0.25, -0.2) is 0 Å². The molecule has 3 N–H and O–H groups in total. The first-order valence-electron chi connectivity index (χ1n) is 7.24. The standard InChI is InChI=1S/C18H20N2O2/c1-12(2)16(17(19)21)20-18(22)15-10-8-14(9-11-15)13-6-4-3-5-7-13/h3-12,16H,1-2H3,(H2,19,21)(H,20,22). The van der Waals surface area contributed by atoms with E-state index in [9.17, 15) is 9.59 Å². The third-order valence-electron chi connectivity index (χ3n) is 3.51. The van der Waals surface area contributed by atoms with E-state index in [0.717, 1.165) is 11.1 Å². The van der Waals surface area contributed by atoms with Gasteiger partial charge in [0.2, 0.25) is 5.91 Å². The summed E-state index contributed by atoms with van der Waals surface area (Å²) in [5.74, 6) is -0.869. The topological polar surface area (TPSA) is 72.2 Å². The summed E-state index contributed by atoms with van der Waals surface area (Å²) < 4.78 is 0. The Bertz CT molecular complexity index is 649. The van der Waals surface area contributed by atoms with Crippen LogP contribution in [0.15, 0.2) is 54.6 Å². The lowest BCUT2D eigenvalue weighted by molar-refractivity contribution is -0.120. The number of carbonyl (C=O) groups is 2. The van der Waals surface area contributed by atoms with Crippen LogP contribution in [-0.2, 0) is 4.79 Å². The summed E-state index contributed by atoms with van der Waals surface area (Å²) in [4.78, 5) is 23.5. The summed E-state index contributed by atoms with van der Waals surface area (Å²) in [6, 6.07) is 16.5. The smallest absolute Gasteiger partial charge is 0.251 e. The SMILES string of the molecule is CC(C)C(NC(=O)c1ccc(-c2ccccc2)cc1)C(N)=O. The van der Waals surface area contributed by atoms with Gasteiger partial charge in [-0.2, -0.15) is 0 Å². The van der Waals surface area contributed by atoms with Crippen molar-refractivity contribution in [3.05, 3.63) is 60.2 Å². The lowest BCUT2D eigenvalue weighted by Crippen LogP contribution is -2.47. The molecule has 0 aliphatic carbocycles. The van der Waals surface area contributed by atoms with E-state index in [4.69, 9.17) is 5.73 Å². The Morgan fingerprint density at radius 1 is 0.909 bits per heavy atom. The number of rotatable bonds is 5. The zero-order valence-corrected chi connectivity index (χ0v) is 12.7. The fraction of sp³-hybridized carbons (Fsp3) is 0.222. The average molecular weight is 296 g/mol. The van der Waals surface area contributed by atoms with E-state index < -0.39 is 11.9 Å². The molecule has 0 fully saturated rings. The van der Waals surface area contributed by atoms with Crippen molar-refractivity contribution >= 4 is 11.8 Å². The number of hydrogen-bond donors (Lipinski definition) is 2. The first-order valence-corrected chi connectivity index (χ1v) is 7.24. The fourth-order valence-electron chi connectivity index (χ4n) is 2.24. The van der Waals surface area contributed by atoms with Crippen LogP contribution in [0.3, 0.4) is 0 Å². The van der Waals surface area contributed by atoms with Gasteiger partial charge >= 0.3 is 0 Å². The van der Waals surface area contributed by atoms with Crippen LogP contribution in [0, 0.1) is 5.92 Å². The fourth-order valence-corrected chi connectivity index (χ4v) is 2.24. The van der Waals surface area contributed by atoms with Gasteiger partial charge in [0.25, 0.3) is 5.91 Å². The molecule has 0 bridgehead atoms. The molecule has 0 radical (unpaired) electrons. The highest BCUT2D eigenvalue weighted by atomic mass is 16.2. The molecule has 2 aromatic rings. The van der Waals surface area contributed by atoms with Crippen molar-refractivity contribution < 1.29 is 9.59 Å². The van der Waals surface area contributed by atoms with Crippen LogP contribution < -0.4 is 11.1 Å². The van der Waals surface area contributed by atoms with Gasteiger partial charge in [-0.3, -0.25) is 9.59 Å². The predicted molar refractivity (Wildman–Crippen MR) is 87.2 cm³/mol. The highest BCUT2D eigenvalue weighted by Crippen LogP contribution is 2.19. The minimum Gasteiger partial charge on any atom is -0.368 e. The number of carbonyl (C=O) groups excluding carboxylic acids is 2. The number of hydrogen-bond acceptors (Lipinski definition) is 2.